The molecule has 0 aliphatic carbocycles. The van der Waals surface area contributed by atoms with Crippen LogP contribution in [0.4, 0.5) is 48.3 Å². The zero-order chi connectivity index (χ0) is 31.4. The van der Waals surface area contributed by atoms with Gasteiger partial charge in [0.25, 0.3) is 0 Å². The number of ether oxygens (including phenoxy) is 3. The van der Waals surface area contributed by atoms with E-state index in [0.29, 0.717) is 12.1 Å². The Morgan fingerprint density at radius 1 is 0.900 bits per heavy atom. The third kappa shape index (κ3) is 8.03. The summed E-state index contributed by atoms with van der Waals surface area (Å²) in [6.45, 7) is -0.563. The third-order valence-electron chi connectivity index (χ3n) is 4.66. The molecule has 1 rings (SSSR count). The molecule has 8 nitrogen and oxygen atoms in total. The molecule has 1 aromatic rings. The first-order chi connectivity index (χ1) is 17.9. The Bertz CT molecular complexity index is 1180. The lowest BCUT2D eigenvalue weighted by Crippen LogP contribution is -2.59. The van der Waals surface area contributed by atoms with Crippen molar-refractivity contribution in [2.45, 2.75) is 48.6 Å². The number of hydrogen-bond donors (Lipinski definition) is 1. The van der Waals surface area contributed by atoms with Crippen molar-refractivity contribution in [2.75, 3.05) is 13.3 Å². The summed E-state index contributed by atoms with van der Waals surface area (Å²) in [5.74, 6) is -16.1. The van der Waals surface area contributed by atoms with Crippen molar-refractivity contribution in [3.05, 3.63) is 42.0 Å². The maximum absolute atomic E-state index is 14.0. The van der Waals surface area contributed by atoms with Crippen LogP contribution in [0.3, 0.4) is 0 Å². The Labute approximate surface area is 217 Å². The molecule has 0 heterocycles. The van der Waals surface area contributed by atoms with Crippen LogP contribution < -0.4 is 4.74 Å². The van der Waals surface area contributed by atoms with Crippen molar-refractivity contribution in [3.63, 3.8) is 0 Å². The molecule has 1 unspecified atom stereocenters. The molecular weight excluding hydrogens is 609 g/mol. The zero-order valence-electron chi connectivity index (χ0n) is 19.4. The van der Waals surface area contributed by atoms with Crippen molar-refractivity contribution in [1.82, 2.24) is 0 Å². The van der Waals surface area contributed by atoms with Gasteiger partial charge in [0.05, 0.1) is 17.7 Å². The molecule has 0 fully saturated rings. The van der Waals surface area contributed by atoms with Gasteiger partial charge in [-0.05, 0) is 37.1 Å². The van der Waals surface area contributed by atoms with E-state index in [1.54, 1.807) is 0 Å². The molecule has 0 aliphatic heterocycles. The van der Waals surface area contributed by atoms with Crippen molar-refractivity contribution in [1.29, 1.82) is 0 Å². The van der Waals surface area contributed by atoms with E-state index in [4.69, 9.17) is 4.55 Å². The van der Waals surface area contributed by atoms with Crippen molar-refractivity contribution in [3.8, 4) is 5.75 Å². The number of hydrogen-bond acceptors (Lipinski definition) is 7. The predicted molar refractivity (Wildman–Crippen MR) is 108 cm³/mol. The average molecular weight is 626 g/mol. The SMILES string of the molecule is C=C(CF)C(=O)OC(OCCCCC(F)(F)C(F)(F)S(=O)(=O)O)(C(=O)Oc1ccc(C(F)(F)F)cc1)C(F)(F)F. The fourth-order valence-electron chi connectivity index (χ4n) is 2.53. The van der Waals surface area contributed by atoms with Gasteiger partial charge in [0, 0.05) is 6.42 Å². The van der Waals surface area contributed by atoms with Crippen LogP contribution in [0.5, 0.6) is 5.75 Å². The second kappa shape index (κ2) is 12.2. The first-order valence-corrected chi connectivity index (χ1v) is 11.7. The Balaban J connectivity index is 3.23. The second-order valence-corrected chi connectivity index (χ2v) is 9.12. The molecule has 0 aromatic heterocycles. The largest absolute Gasteiger partial charge is 0.468 e. The highest BCUT2D eigenvalue weighted by molar-refractivity contribution is 7.87. The maximum Gasteiger partial charge on any atom is 0.468 e. The standard InChI is InChI=1S/C20H17F11O8S/c1-11(10-21)14(32)39-17(19(27,28)29,15(33)38-13-6-4-12(5-7-13)18(24,25)26)37-9-3-2-8-16(22,23)20(30,31)40(34,35)36/h4-7H,1-3,8-10H2,(H,34,35,36). The number of unbranched alkanes of at least 4 members (excludes halogenated alkanes) is 1. The highest BCUT2D eigenvalue weighted by Gasteiger charge is 2.68. The zero-order valence-corrected chi connectivity index (χ0v) is 20.2. The normalized spacial score (nSPS) is 14.8. The molecule has 0 spiro atoms. The summed E-state index contributed by atoms with van der Waals surface area (Å²) in [6.07, 6.45) is -15.3. The van der Waals surface area contributed by atoms with E-state index in [1.807, 2.05) is 0 Å². The Kier molecular flexibility index (Phi) is 10.7. The van der Waals surface area contributed by atoms with Crippen LogP contribution in [0.1, 0.15) is 24.8 Å². The van der Waals surface area contributed by atoms with Gasteiger partial charge in [0.1, 0.15) is 12.4 Å². The first kappa shape index (κ1) is 35.0. The second-order valence-electron chi connectivity index (χ2n) is 7.65. The van der Waals surface area contributed by atoms with E-state index in [2.05, 4.69) is 20.8 Å². The van der Waals surface area contributed by atoms with Crippen LogP contribution in [-0.4, -0.2) is 61.3 Å². The lowest BCUT2D eigenvalue weighted by Gasteiger charge is -2.32. The summed E-state index contributed by atoms with van der Waals surface area (Å²) >= 11 is 0. The van der Waals surface area contributed by atoms with Gasteiger partial charge in [-0.15, -0.1) is 0 Å². The molecule has 1 atom stereocenters. The first-order valence-electron chi connectivity index (χ1n) is 10.2. The number of benzene rings is 1. The Morgan fingerprint density at radius 2 is 1.43 bits per heavy atom. The van der Waals surface area contributed by atoms with E-state index in [-0.39, 0.29) is 12.1 Å². The summed E-state index contributed by atoms with van der Waals surface area (Å²) < 4.78 is 188. The summed E-state index contributed by atoms with van der Waals surface area (Å²) in [6, 6.07) is 1.36. The predicted octanol–water partition coefficient (Wildman–Crippen LogP) is 5.24. The molecule has 228 valence electrons. The number of carbonyl (C=O) groups excluding carboxylic acids is 2. The molecular formula is C20H17F11O8S. The van der Waals surface area contributed by atoms with Gasteiger partial charge < -0.3 is 14.2 Å². The molecule has 1 aromatic carbocycles. The fraction of sp³-hybridized carbons (Fsp3) is 0.500. The van der Waals surface area contributed by atoms with E-state index < -0.39 is 101 Å². The average Bonchev–Trinajstić information content (AvgIpc) is 2.80. The smallest absolute Gasteiger partial charge is 0.421 e. The number of halogens is 11. The number of carbonyl (C=O) groups is 2. The number of esters is 2. The minimum absolute atomic E-state index is 0.290. The van der Waals surface area contributed by atoms with E-state index >= 15 is 0 Å². The van der Waals surface area contributed by atoms with Gasteiger partial charge in [0.15, 0.2) is 0 Å². The summed E-state index contributed by atoms with van der Waals surface area (Å²) in [5, 5.41) is -5.98. The van der Waals surface area contributed by atoms with Crippen LogP contribution >= 0.6 is 0 Å². The number of alkyl halides is 11. The number of rotatable bonds is 13. The molecule has 1 N–H and O–H groups in total. The van der Waals surface area contributed by atoms with E-state index in [0.717, 1.165) is 0 Å². The van der Waals surface area contributed by atoms with Gasteiger partial charge in [-0.2, -0.15) is 52.3 Å². The highest BCUT2D eigenvalue weighted by atomic mass is 32.2. The molecule has 0 bridgehead atoms. The van der Waals surface area contributed by atoms with Crippen molar-refractivity contribution < 1.29 is 85.1 Å². The quantitative estimate of drug-likeness (QED) is 0.0602. The summed E-state index contributed by atoms with van der Waals surface area (Å²) in [7, 11) is -6.60. The minimum atomic E-state index is -6.60. The molecule has 20 heteroatoms. The van der Waals surface area contributed by atoms with Crippen LogP contribution in [0.2, 0.25) is 0 Å². The Morgan fingerprint density at radius 3 is 1.85 bits per heavy atom. The van der Waals surface area contributed by atoms with Gasteiger partial charge in [-0.1, -0.05) is 6.58 Å². The van der Waals surface area contributed by atoms with Crippen LogP contribution in [0, 0.1) is 0 Å². The van der Waals surface area contributed by atoms with Crippen molar-refractivity contribution >= 4 is 22.1 Å². The van der Waals surface area contributed by atoms with Crippen LogP contribution in [-0.2, 0) is 35.4 Å². The lowest BCUT2D eigenvalue weighted by molar-refractivity contribution is -0.352. The lowest BCUT2D eigenvalue weighted by atomic mass is 10.1. The van der Waals surface area contributed by atoms with Gasteiger partial charge >= 0.3 is 51.4 Å². The monoisotopic (exact) mass is 626 g/mol. The summed E-state index contributed by atoms with van der Waals surface area (Å²) in [4.78, 5) is 24.3. The van der Waals surface area contributed by atoms with E-state index in [9.17, 15) is 66.3 Å². The van der Waals surface area contributed by atoms with Crippen LogP contribution in [0.25, 0.3) is 0 Å². The van der Waals surface area contributed by atoms with Gasteiger partial charge in [0.2, 0.25) is 0 Å². The summed E-state index contributed by atoms with van der Waals surface area (Å²) in [5.41, 5.74) is -2.60. The van der Waals surface area contributed by atoms with Crippen LogP contribution in [0.15, 0.2) is 36.4 Å². The molecule has 0 saturated heterocycles. The molecule has 0 amide bonds. The minimum Gasteiger partial charge on any atom is -0.421 e. The van der Waals surface area contributed by atoms with Gasteiger partial charge in [-0.25, -0.2) is 14.0 Å². The molecule has 0 saturated carbocycles. The fourth-order valence-corrected chi connectivity index (χ4v) is 3.01. The Hall–Kier alpha value is -3.00. The van der Waals surface area contributed by atoms with Crippen molar-refractivity contribution in [2.24, 2.45) is 0 Å². The molecule has 0 radical (unpaired) electrons. The van der Waals surface area contributed by atoms with E-state index in [1.165, 1.54) is 0 Å². The molecule has 40 heavy (non-hydrogen) atoms. The maximum atomic E-state index is 14.0. The highest BCUT2D eigenvalue weighted by Crippen LogP contribution is 2.42. The topological polar surface area (TPSA) is 116 Å². The van der Waals surface area contributed by atoms with Gasteiger partial charge in [-0.3, -0.25) is 4.55 Å². The third-order valence-corrected chi connectivity index (χ3v) is 5.61. The molecule has 0 aliphatic rings.